The van der Waals surface area contributed by atoms with Gasteiger partial charge < -0.3 is 14.6 Å². The van der Waals surface area contributed by atoms with Crippen LogP contribution in [0.2, 0.25) is 0 Å². The van der Waals surface area contributed by atoms with Gasteiger partial charge in [0.25, 0.3) is 0 Å². The Morgan fingerprint density at radius 2 is 2.35 bits per heavy atom. The molecule has 1 amide bonds. The Balaban J connectivity index is 1.88. The van der Waals surface area contributed by atoms with Crippen LogP contribution in [0.5, 0.6) is 0 Å². The number of rotatable bonds is 2. The van der Waals surface area contributed by atoms with E-state index in [0.717, 1.165) is 24.3 Å². The summed E-state index contributed by atoms with van der Waals surface area (Å²) in [5.41, 5.74) is 2.35. The molecule has 1 aliphatic heterocycles. The molecule has 0 spiro atoms. The number of fused-ring (bicyclic) bond motifs is 1. The maximum atomic E-state index is 12.0. The average molecular weight is 231 g/mol. The number of anilines is 1. The van der Waals surface area contributed by atoms with Gasteiger partial charge in [-0.15, -0.1) is 0 Å². The van der Waals surface area contributed by atoms with Crippen LogP contribution < -0.4 is 10.2 Å². The summed E-state index contributed by atoms with van der Waals surface area (Å²) in [6.45, 7) is 1.54. The number of hydrogen-bond acceptors (Lipinski definition) is 4. The van der Waals surface area contributed by atoms with Gasteiger partial charge in [0.1, 0.15) is 5.52 Å². The number of aromatic nitrogens is 1. The van der Waals surface area contributed by atoms with Crippen molar-refractivity contribution in [2.75, 3.05) is 25.0 Å². The van der Waals surface area contributed by atoms with Crippen LogP contribution >= 0.6 is 0 Å². The van der Waals surface area contributed by atoms with Crippen LogP contribution in [0.3, 0.4) is 0 Å². The highest BCUT2D eigenvalue weighted by Gasteiger charge is 2.28. The predicted molar refractivity (Wildman–Crippen MR) is 63.8 cm³/mol. The largest absolute Gasteiger partial charge is 0.443 e. The molecule has 0 atom stereocenters. The zero-order valence-corrected chi connectivity index (χ0v) is 9.51. The van der Waals surface area contributed by atoms with Gasteiger partial charge in [0.15, 0.2) is 12.0 Å². The highest BCUT2D eigenvalue weighted by atomic mass is 16.3. The molecule has 0 unspecified atom stereocenters. The van der Waals surface area contributed by atoms with Crippen LogP contribution in [0, 0.1) is 5.92 Å². The Hall–Kier alpha value is -1.88. The quantitative estimate of drug-likeness (QED) is 0.838. The maximum Gasteiger partial charge on any atom is 0.232 e. The Kier molecular flexibility index (Phi) is 2.33. The lowest BCUT2D eigenvalue weighted by Crippen LogP contribution is -2.51. The minimum absolute atomic E-state index is 0.102. The van der Waals surface area contributed by atoms with Crippen LogP contribution in [0.25, 0.3) is 11.1 Å². The van der Waals surface area contributed by atoms with E-state index >= 15 is 0 Å². The number of oxazole rings is 1. The summed E-state index contributed by atoms with van der Waals surface area (Å²) in [6, 6.07) is 5.58. The van der Waals surface area contributed by atoms with Crippen molar-refractivity contribution in [1.29, 1.82) is 0 Å². The van der Waals surface area contributed by atoms with Gasteiger partial charge in [0.05, 0.1) is 5.92 Å². The highest BCUT2D eigenvalue weighted by molar-refractivity contribution is 5.96. The fraction of sp³-hybridized carbons (Fsp3) is 0.333. The molecule has 5 heteroatoms. The zero-order chi connectivity index (χ0) is 11.8. The van der Waals surface area contributed by atoms with Crippen LogP contribution in [0.15, 0.2) is 29.0 Å². The third-order valence-corrected chi connectivity index (χ3v) is 3.16. The molecule has 3 rings (SSSR count). The van der Waals surface area contributed by atoms with Crippen molar-refractivity contribution >= 4 is 22.7 Å². The van der Waals surface area contributed by atoms with Gasteiger partial charge in [-0.2, -0.15) is 0 Å². The van der Waals surface area contributed by atoms with E-state index in [-0.39, 0.29) is 11.8 Å². The van der Waals surface area contributed by atoms with Gasteiger partial charge in [0.2, 0.25) is 5.91 Å². The lowest BCUT2D eigenvalue weighted by Gasteiger charge is -2.30. The number of carbonyl (C=O) groups is 1. The van der Waals surface area contributed by atoms with E-state index in [4.69, 9.17) is 4.42 Å². The van der Waals surface area contributed by atoms with Gasteiger partial charge in [-0.25, -0.2) is 4.98 Å². The van der Waals surface area contributed by atoms with E-state index in [1.165, 1.54) is 6.39 Å². The van der Waals surface area contributed by atoms with E-state index in [0.29, 0.717) is 5.58 Å². The lowest BCUT2D eigenvalue weighted by atomic mass is 10.0. The molecule has 2 aromatic rings. The molecule has 1 saturated heterocycles. The standard InChI is InChI=1S/C12H13N3O2/c1-15(12(16)8-5-13-6-8)9-2-3-10-11(4-9)17-7-14-10/h2-4,7-8,13H,5-6H2,1H3. The second kappa shape index (κ2) is 3.85. The average Bonchev–Trinajstić information content (AvgIpc) is 2.72. The molecule has 1 aromatic carbocycles. The summed E-state index contributed by atoms with van der Waals surface area (Å²) >= 11 is 0. The minimum Gasteiger partial charge on any atom is -0.443 e. The highest BCUT2D eigenvalue weighted by Crippen LogP contribution is 2.22. The van der Waals surface area contributed by atoms with Gasteiger partial charge >= 0.3 is 0 Å². The van der Waals surface area contributed by atoms with Crippen molar-refractivity contribution in [1.82, 2.24) is 10.3 Å². The summed E-state index contributed by atoms with van der Waals surface area (Å²) in [6.07, 6.45) is 1.41. The van der Waals surface area contributed by atoms with Crippen molar-refractivity contribution in [2.45, 2.75) is 0 Å². The smallest absolute Gasteiger partial charge is 0.232 e. The molecule has 17 heavy (non-hydrogen) atoms. The van der Waals surface area contributed by atoms with Gasteiger partial charge in [-0.3, -0.25) is 4.79 Å². The molecule has 0 aliphatic carbocycles. The first-order valence-electron chi connectivity index (χ1n) is 5.57. The Labute approximate surface area is 98.4 Å². The first-order valence-corrected chi connectivity index (χ1v) is 5.57. The van der Waals surface area contributed by atoms with Crippen LogP contribution in [0.4, 0.5) is 5.69 Å². The number of nitrogens with one attached hydrogen (secondary N) is 1. The third kappa shape index (κ3) is 1.68. The Morgan fingerprint density at radius 3 is 3.06 bits per heavy atom. The Bertz CT molecular complexity index is 560. The number of amides is 1. The van der Waals surface area contributed by atoms with Crippen molar-refractivity contribution in [3.63, 3.8) is 0 Å². The van der Waals surface area contributed by atoms with Crippen molar-refractivity contribution in [3.8, 4) is 0 Å². The summed E-state index contributed by atoms with van der Waals surface area (Å²) < 4.78 is 5.23. The van der Waals surface area contributed by atoms with Gasteiger partial charge in [-0.1, -0.05) is 0 Å². The summed E-state index contributed by atoms with van der Waals surface area (Å²) in [5.74, 6) is 0.244. The minimum atomic E-state index is 0.102. The summed E-state index contributed by atoms with van der Waals surface area (Å²) in [7, 11) is 1.79. The first-order chi connectivity index (χ1) is 8.25. The van der Waals surface area contributed by atoms with Crippen LogP contribution in [0.1, 0.15) is 0 Å². The predicted octanol–water partition coefficient (Wildman–Crippen LogP) is 1.01. The van der Waals surface area contributed by atoms with E-state index < -0.39 is 0 Å². The van der Waals surface area contributed by atoms with E-state index in [9.17, 15) is 4.79 Å². The van der Waals surface area contributed by atoms with E-state index in [1.54, 1.807) is 11.9 Å². The normalized spacial score (nSPS) is 15.8. The zero-order valence-electron chi connectivity index (χ0n) is 9.51. The Morgan fingerprint density at radius 1 is 1.53 bits per heavy atom. The number of nitrogens with zero attached hydrogens (tertiary/aromatic N) is 2. The lowest BCUT2D eigenvalue weighted by molar-refractivity contribution is -0.123. The number of benzene rings is 1. The van der Waals surface area contributed by atoms with Crippen LogP contribution in [-0.2, 0) is 4.79 Å². The fourth-order valence-electron chi connectivity index (χ4n) is 1.92. The monoisotopic (exact) mass is 231 g/mol. The van der Waals surface area contributed by atoms with Crippen molar-refractivity contribution in [2.24, 2.45) is 5.92 Å². The van der Waals surface area contributed by atoms with Crippen molar-refractivity contribution in [3.05, 3.63) is 24.6 Å². The number of carbonyl (C=O) groups excluding carboxylic acids is 1. The molecule has 1 aromatic heterocycles. The van der Waals surface area contributed by atoms with Gasteiger partial charge in [-0.05, 0) is 12.1 Å². The fourth-order valence-corrected chi connectivity index (χ4v) is 1.92. The molecule has 5 nitrogen and oxygen atoms in total. The molecule has 88 valence electrons. The summed E-state index contributed by atoms with van der Waals surface area (Å²) in [4.78, 5) is 17.8. The molecule has 1 N–H and O–H groups in total. The summed E-state index contributed by atoms with van der Waals surface area (Å²) in [5, 5.41) is 3.10. The second-order valence-corrected chi connectivity index (χ2v) is 4.26. The topological polar surface area (TPSA) is 58.4 Å². The molecule has 0 radical (unpaired) electrons. The third-order valence-electron chi connectivity index (χ3n) is 3.16. The molecule has 2 heterocycles. The molecule has 1 fully saturated rings. The molecule has 1 aliphatic rings. The maximum absolute atomic E-state index is 12.0. The second-order valence-electron chi connectivity index (χ2n) is 4.26. The SMILES string of the molecule is CN(C(=O)C1CNC1)c1ccc2ncoc2c1. The molecular formula is C12H13N3O2. The molecule has 0 saturated carbocycles. The van der Waals surface area contributed by atoms with Gasteiger partial charge in [0, 0.05) is 31.9 Å². The number of hydrogen-bond donors (Lipinski definition) is 1. The van der Waals surface area contributed by atoms with E-state index in [1.807, 2.05) is 18.2 Å². The van der Waals surface area contributed by atoms with Crippen molar-refractivity contribution < 1.29 is 9.21 Å². The first kappa shape index (κ1) is 10.3. The van der Waals surface area contributed by atoms with Crippen LogP contribution in [-0.4, -0.2) is 31.0 Å². The van der Waals surface area contributed by atoms with E-state index in [2.05, 4.69) is 10.3 Å². The molecular weight excluding hydrogens is 218 g/mol. The molecule has 0 bridgehead atoms.